The van der Waals surface area contributed by atoms with Crippen LogP contribution in [0.15, 0.2) is 40.4 Å². The maximum atomic E-state index is 13.8. The minimum absolute atomic E-state index is 0.0602. The molecule has 36 heavy (non-hydrogen) atoms. The first-order valence-corrected chi connectivity index (χ1v) is 13.3. The second-order valence-corrected chi connectivity index (χ2v) is 11.7. The number of hydrogen-bond donors (Lipinski definition) is 2. The van der Waals surface area contributed by atoms with Crippen molar-refractivity contribution in [2.75, 3.05) is 18.5 Å². The van der Waals surface area contributed by atoms with Gasteiger partial charge in [-0.15, -0.1) is 0 Å². The van der Waals surface area contributed by atoms with E-state index in [0.29, 0.717) is 11.8 Å². The molecule has 1 amide bonds. The molecule has 1 aliphatic heterocycles. The van der Waals surface area contributed by atoms with Crippen LogP contribution < -0.4 is 11.0 Å². The van der Waals surface area contributed by atoms with E-state index < -0.39 is 23.6 Å². The van der Waals surface area contributed by atoms with Crippen LogP contribution in [-0.2, 0) is 14.3 Å². The summed E-state index contributed by atoms with van der Waals surface area (Å²) in [4.78, 5) is 30.5. The van der Waals surface area contributed by atoms with Crippen LogP contribution in [0.1, 0.15) is 72.4 Å². The van der Waals surface area contributed by atoms with Gasteiger partial charge in [-0.05, 0) is 66.9 Å². The van der Waals surface area contributed by atoms with E-state index in [2.05, 4.69) is 50.1 Å². The van der Waals surface area contributed by atoms with Crippen LogP contribution in [0.5, 0.6) is 0 Å². The van der Waals surface area contributed by atoms with Crippen LogP contribution in [0.4, 0.5) is 5.82 Å². The van der Waals surface area contributed by atoms with Crippen molar-refractivity contribution in [1.82, 2.24) is 9.55 Å². The standard InChI is InChI=1S/C28H39N3O5/c1-17(2)18-6-8-20-19(14-18)7-9-21-27(20,3)11-5-12-28(21,4)25(33)29-22-10-13-31(26(34)30-22)23-16-35-24(15-32)36-23/h7,10,13-14,17,20-21,23-24,32H,5-6,8-9,11-12,15-16H2,1-4H3,(H,29,30,33,34)/t20-,21?,23-,24-,27+,28+/m0/s1. The Bertz CT molecular complexity index is 1140. The van der Waals surface area contributed by atoms with E-state index in [0.717, 1.165) is 38.5 Å². The number of carbonyl (C=O) groups excluding carboxylic acids is 1. The molecule has 5 rings (SSSR count). The molecule has 1 aromatic heterocycles. The fourth-order valence-electron chi connectivity index (χ4n) is 7.26. The molecule has 2 N–H and O–H groups in total. The van der Waals surface area contributed by atoms with Gasteiger partial charge in [0.2, 0.25) is 5.91 Å². The van der Waals surface area contributed by atoms with E-state index in [-0.39, 0.29) is 36.3 Å². The molecular formula is C28H39N3O5. The molecule has 8 heteroatoms. The highest BCUT2D eigenvalue weighted by atomic mass is 16.7. The summed E-state index contributed by atoms with van der Waals surface area (Å²) in [7, 11) is 0. The van der Waals surface area contributed by atoms with E-state index in [1.54, 1.807) is 12.3 Å². The summed E-state index contributed by atoms with van der Waals surface area (Å²) in [6.45, 7) is 8.92. The Morgan fingerprint density at radius 3 is 2.83 bits per heavy atom. The van der Waals surface area contributed by atoms with E-state index in [9.17, 15) is 14.7 Å². The molecule has 0 radical (unpaired) electrons. The molecule has 2 heterocycles. The third-order valence-electron chi connectivity index (χ3n) is 9.36. The number of nitrogens with zero attached hydrogens (tertiary/aromatic N) is 2. The lowest BCUT2D eigenvalue weighted by molar-refractivity contribution is -0.138. The Balaban J connectivity index is 1.35. The van der Waals surface area contributed by atoms with Gasteiger partial charge in [-0.25, -0.2) is 4.79 Å². The van der Waals surface area contributed by atoms with Crippen LogP contribution in [0.3, 0.4) is 0 Å². The lowest BCUT2D eigenvalue weighted by Crippen LogP contribution is -2.54. The number of aliphatic hydroxyl groups excluding tert-OH is 1. The van der Waals surface area contributed by atoms with Gasteiger partial charge in [0.25, 0.3) is 0 Å². The topological polar surface area (TPSA) is 103 Å². The van der Waals surface area contributed by atoms with E-state index >= 15 is 0 Å². The molecule has 3 aliphatic carbocycles. The fraction of sp³-hybridized carbons (Fsp3) is 0.679. The first-order chi connectivity index (χ1) is 17.2. The molecule has 1 saturated heterocycles. The molecular weight excluding hydrogens is 458 g/mol. The number of hydrogen-bond acceptors (Lipinski definition) is 6. The van der Waals surface area contributed by atoms with Crippen molar-refractivity contribution in [3.8, 4) is 0 Å². The summed E-state index contributed by atoms with van der Waals surface area (Å²) in [5.74, 6) is 1.49. The van der Waals surface area contributed by atoms with Crippen molar-refractivity contribution in [1.29, 1.82) is 0 Å². The van der Waals surface area contributed by atoms with Crippen LogP contribution in [0.25, 0.3) is 0 Å². The molecule has 0 bridgehead atoms. The van der Waals surface area contributed by atoms with E-state index in [1.807, 2.05) is 0 Å². The first-order valence-electron chi connectivity index (χ1n) is 13.3. The average molecular weight is 498 g/mol. The van der Waals surface area contributed by atoms with Gasteiger partial charge in [-0.2, -0.15) is 4.98 Å². The zero-order valence-corrected chi connectivity index (χ0v) is 21.8. The van der Waals surface area contributed by atoms with Crippen LogP contribution in [-0.4, -0.2) is 40.1 Å². The molecule has 196 valence electrons. The molecule has 0 aromatic carbocycles. The largest absolute Gasteiger partial charge is 0.391 e. The van der Waals surface area contributed by atoms with Gasteiger partial charge in [0.15, 0.2) is 12.5 Å². The van der Waals surface area contributed by atoms with Gasteiger partial charge in [0, 0.05) is 6.20 Å². The summed E-state index contributed by atoms with van der Waals surface area (Å²) >= 11 is 0. The number of ether oxygens (including phenoxy) is 2. The summed E-state index contributed by atoms with van der Waals surface area (Å²) in [5, 5.41) is 12.1. The van der Waals surface area contributed by atoms with Gasteiger partial charge < -0.3 is 19.9 Å². The second-order valence-electron chi connectivity index (χ2n) is 11.7. The minimum atomic E-state index is -0.747. The Hall–Kier alpha value is -2.29. The van der Waals surface area contributed by atoms with Crippen LogP contribution in [0, 0.1) is 28.6 Å². The number of carbonyl (C=O) groups is 1. The number of allylic oxidation sites excluding steroid dienone is 4. The molecule has 1 aromatic rings. The molecule has 1 saturated carbocycles. The summed E-state index contributed by atoms with van der Waals surface area (Å²) in [5.41, 5.74) is 2.02. The zero-order chi connectivity index (χ0) is 25.7. The van der Waals surface area contributed by atoms with Gasteiger partial charge >= 0.3 is 5.69 Å². The number of fused-ring (bicyclic) bond motifs is 3. The SMILES string of the molecule is CC(C)C1=CC2=CCC3[C@](C)(C(=O)Nc4ccn([C@@H]5CO[C@H](CO)O5)c(=O)n4)CCC[C@]3(C)[C@H]2CC1. The molecule has 4 aliphatic rings. The number of aromatic nitrogens is 2. The highest BCUT2D eigenvalue weighted by Crippen LogP contribution is 2.62. The maximum Gasteiger partial charge on any atom is 0.351 e. The zero-order valence-electron chi connectivity index (χ0n) is 21.8. The Labute approximate surface area is 212 Å². The predicted octanol–water partition coefficient (Wildman–Crippen LogP) is 4.18. The van der Waals surface area contributed by atoms with Crippen molar-refractivity contribution in [3.63, 3.8) is 0 Å². The van der Waals surface area contributed by atoms with Crippen molar-refractivity contribution in [2.24, 2.45) is 28.6 Å². The van der Waals surface area contributed by atoms with Gasteiger partial charge in [0.1, 0.15) is 5.82 Å². The fourth-order valence-corrected chi connectivity index (χ4v) is 7.26. The van der Waals surface area contributed by atoms with Crippen molar-refractivity contribution < 1.29 is 19.4 Å². The van der Waals surface area contributed by atoms with Gasteiger partial charge in [-0.1, -0.05) is 51.8 Å². The summed E-state index contributed by atoms with van der Waals surface area (Å²) < 4.78 is 12.1. The maximum absolute atomic E-state index is 13.8. The van der Waals surface area contributed by atoms with Gasteiger partial charge in [-0.3, -0.25) is 9.36 Å². The molecule has 1 unspecified atom stereocenters. The lowest BCUT2D eigenvalue weighted by Gasteiger charge is -2.57. The summed E-state index contributed by atoms with van der Waals surface area (Å²) in [6.07, 6.45) is 11.2. The highest BCUT2D eigenvalue weighted by molar-refractivity contribution is 5.94. The lowest BCUT2D eigenvalue weighted by atomic mass is 9.46. The van der Waals surface area contributed by atoms with E-state index in [4.69, 9.17) is 9.47 Å². The van der Waals surface area contributed by atoms with Crippen molar-refractivity contribution in [2.45, 2.75) is 78.7 Å². The minimum Gasteiger partial charge on any atom is -0.391 e. The smallest absolute Gasteiger partial charge is 0.351 e. The molecule has 2 fully saturated rings. The number of nitrogens with one attached hydrogen (secondary N) is 1. The number of aliphatic hydroxyl groups is 1. The third kappa shape index (κ3) is 4.27. The molecule has 0 spiro atoms. The average Bonchev–Trinajstić information content (AvgIpc) is 3.32. The molecule has 8 nitrogen and oxygen atoms in total. The first kappa shape index (κ1) is 25.4. The number of anilines is 1. The van der Waals surface area contributed by atoms with Crippen LogP contribution in [0.2, 0.25) is 0 Å². The number of amides is 1. The predicted molar refractivity (Wildman–Crippen MR) is 136 cm³/mol. The Morgan fingerprint density at radius 1 is 1.33 bits per heavy atom. The monoisotopic (exact) mass is 497 g/mol. The third-order valence-corrected chi connectivity index (χ3v) is 9.36. The summed E-state index contributed by atoms with van der Waals surface area (Å²) in [6, 6.07) is 1.62. The number of rotatable bonds is 5. The quantitative estimate of drug-likeness (QED) is 0.633. The highest BCUT2D eigenvalue weighted by Gasteiger charge is 2.57. The van der Waals surface area contributed by atoms with Crippen LogP contribution >= 0.6 is 0 Å². The Kier molecular flexibility index (Phi) is 6.72. The van der Waals surface area contributed by atoms with Crippen molar-refractivity contribution in [3.05, 3.63) is 46.0 Å². The second kappa shape index (κ2) is 9.54. The van der Waals surface area contributed by atoms with E-state index in [1.165, 1.54) is 15.7 Å². The van der Waals surface area contributed by atoms with Gasteiger partial charge in [0.05, 0.1) is 18.6 Å². The Morgan fingerprint density at radius 2 is 2.14 bits per heavy atom. The normalized spacial score (nSPS) is 36.1. The van der Waals surface area contributed by atoms with Crippen molar-refractivity contribution >= 4 is 11.7 Å². The molecule has 6 atom stereocenters.